The van der Waals surface area contributed by atoms with Crippen molar-refractivity contribution in [3.8, 4) is 56.0 Å². The van der Waals surface area contributed by atoms with Gasteiger partial charge in [0, 0.05) is 28.2 Å². The number of hydrogen-bond donors (Lipinski definition) is 0. The van der Waals surface area contributed by atoms with Crippen LogP contribution in [0.5, 0.6) is 0 Å². The van der Waals surface area contributed by atoms with E-state index in [0.29, 0.717) is 5.89 Å². The fourth-order valence-corrected chi connectivity index (χ4v) is 7.87. The Hall–Kier alpha value is -7.49. The highest BCUT2D eigenvalue weighted by atomic mass is 16.3. The molecule has 1 aromatic heterocycles. The molecule has 0 aliphatic carbocycles. The van der Waals surface area contributed by atoms with E-state index in [2.05, 4.69) is 211 Å². The third-order valence-electron chi connectivity index (χ3n) is 10.6. The fraction of sp³-hybridized carbons (Fsp3) is 0. The van der Waals surface area contributed by atoms with E-state index in [1.54, 1.807) is 0 Å². The van der Waals surface area contributed by atoms with Crippen LogP contribution in [-0.2, 0) is 0 Å². The van der Waals surface area contributed by atoms with Gasteiger partial charge in [0.05, 0.1) is 0 Å². The number of rotatable bonds is 8. The lowest BCUT2D eigenvalue weighted by Crippen LogP contribution is -2.09. The van der Waals surface area contributed by atoms with Gasteiger partial charge in [0.15, 0.2) is 5.58 Å². The maximum Gasteiger partial charge on any atom is 0.227 e. The molecule has 0 N–H and O–H groups in total. The highest BCUT2D eigenvalue weighted by molar-refractivity contribution is 6.03. The molecular formula is C53H36N2O. The first-order chi connectivity index (χ1) is 27.8. The van der Waals surface area contributed by atoms with Gasteiger partial charge in [-0.1, -0.05) is 164 Å². The Bertz CT molecular complexity index is 2900. The molecule has 10 aromatic rings. The first-order valence-electron chi connectivity index (χ1n) is 19.0. The average Bonchev–Trinajstić information content (AvgIpc) is 3.73. The van der Waals surface area contributed by atoms with Gasteiger partial charge >= 0.3 is 0 Å². The van der Waals surface area contributed by atoms with E-state index < -0.39 is 0 Å². The molecule has 0 atom stereocenters. The van der Waals surface area contributed by atoms with Crippen LogP contribution in [-0.4, -0.2) is 4.98 Å². The minimum atomic E-state index is 0.611. The second-order valence-electron chi connectivity index (χ2n) is 13.9. The summed E-state index contributed by atoms with van der Waals surface area (Å²) in [5.41, 5.74) is 15.1. The van der Waals surface area contributed by atoms with Crippen LogP contribution < -0.4 is 4.90 Å². The molecule has 0 saturated carbocycles. The first-order valence-corrected chi connectivity index (χ1v) is 19.0. The van der Waals surface area contributed by atoms with Crippen LogP contribution in [0.25, 0.3) is 77.8 Å². The Morgan fingerprint density at radius 2 is 0.768 bits per heavy atom. The van der Waals surface area contributed by atoms with Crippen molar-refractivity contribution in [2.45, 2.75) is 0 Å². The molecule has 0 aliphatic rings. The number of oxazole rings is 1. The van der Waals surface area contributed by atoms with Gasteiger partial charge in [-0.15, -0.1) is 0 Å². The topological polar surface area (TPSA) is 29.3 Å². The molecule has 264 valence electrons. The lowest BCUT2D eigenvalue weighted by atomic mass is 9.89. The minimum absolute atomic E-state index is 0.611. The molecule has 3 heteroatoms. The van der Waals surface area contributed by atoms with E-state index in [-0.39, 0.29) is 0 Å². The maximum atomic E-state index is 6.39. The molecular weight excluding hydrogens is 681 g/mol. The third-order valence-corrected chi connectivity index (χ3v) is 10.6. The Balaban J connectivity index is 0.977. The number of hydrogen-bond acceptors (Lipinski definition) is 3. The van der Waals surface area contributed by atoms with E-state index in [1.807, 2.05) is 12.1 Å². The molecule has 0 radical (unpaired) electrons. The highest BCUT2D eigenvalue weighted by Gasteiger charge is 2.17. The Morgan fingerprint density at radius 1 is 0.321 bits per heavy atom. The van der Waals surface area contributed by atoms with Crippen molar-refractivity contribution in [3.63, 3.8) is 0 Å². The summed E-state index contributed by atoms with van der Waals surface area (Å²) >= 11 is 0. The standard InChI is InChI=1S/C53H36N2O/c1-3-17-41(18-4-1)55(42-19-5-2-6-20-42)43-35-33-39(34-36-43)46-23-10-12-25-48(46)47-24-11-9-22-45(47)38-29-31-40(32-30-38)53-54-52-50(27-14-28-51(52)56-53)49-26-13-16-37-15-7-8-21-44(37)49/h1-36H. The molecule has 1 heterocycles. The van der Waals surface area contributed by atoms with Crippen LogP contribution in [0.3, 0.4) is 0 Å². The predicted molar refractivity (Wildman–Crippen MR) is 233 cm³/mol. The molecule has 10 rings (SSSR count). The van der Waals surface area contributed by atoms with Crippen LogP contribution in [0.1, 0.15) is 0 Å². The number of fused-ring (bicyclic) bond motifs is 2. The summed E-state index contributed by atoms with van der Waals surface area (Å²) in [5.74, 6) is 0.611. The van der Waals surface area contributed by atoms with Crippen LogP contribution in [0, 0.1) is 0 Å². The number of anilines is 3. The normalized spacial score (nSPS) is 11.2. The SMILES string of the molecule is c1ccc(N(c2ccccc2)c2ccc(-c3ccccc3-c3ccccc3-c3ccc(-c4nc5c(-c6cccc7ccccc67)cccc5o4)cc3)cc2)cc1. The largest absolute Gasteiger partial charge is 0.436 e. The summed E-state index contributed by atoms with van der Waals surface area (Å²) in [6, 6.07) is 76.9. The van der Waals surface area contributed by atoms with Gasteiger partial charge in [-0.2, -0.15) is 0 Å². The van der Waals surface area contributed by atoms with Gasteiger partial charge in [0.1, 0.15) is 5.52 Å². The van der Waals surface area contributed by atoms with Gasteiger partial charge in [0.2, 0.25) is 5.89 Å². The molecule has 0 saturated heterocycles. The summed E-state index contributed by atoms with van der Waals surface area (Å²) in [4.78, 5) is 7.35. The van der Waals surface area contributed by atoms with Crippen LogP contribution in [0.4, 0.5) is 17.1 Å². The van der Waals surface area contributed by atoms with Crippen molar-refractivity contribution in [1.29, 1.82) is 0 Å². The van der Waals surface area contributed by atoms with Crippen molar-refractivity contribution in [3.05, 3.63) is 218 Å². The number of benzene rings is 9. The van der Waals surface area contributed by atoms with E-state index in [4.69, 9.17) is 9.40 Å². The molecule has 9 aromatic carbocycles. The van der Waals surface area contributed by atoms with E-state index in [0.717, 1.165) is 56.0 Å². The van der Waals surface area contributed by atoms with Crippen molar-refractivity contribution < 1.29 is 4.42 Å². The highest BCUT2D eigenvalue weighted by Crippen LogP contribution is 2.41. The lowest BCUT2D eigenvalue weighted by molar-refractivity contribution is 0.620. The Labute approximate surface area is 326 Å². The number of nitrogens with zero attached hydrogens (tertiary/aromatic N) is 2. The minimum Gasteiger partial charge on any atom is -0.436 e. The predicted octanol–water partition coefficient (Wildman–Crippen LogP) is 14.8. The smallest absolute Gasteiger partial charge is 0.227 e. The summed E-state index contributed by atoms with van der Waals surface area (Å²) in [7, 11) is 0. The summed E-state index contributed by atoms with van der Waals surface area (Å²) in [6.45, 7) is 0. The molecule has 0 fully saturated rings. The number of para-hydroxylation sites is 3. The Morgan fingerprint density at radius 3 is 1.41 bits per heavy atom. The Kier molecular flexibility index (Phi) is 8.51. The second-order valence-corrected chi connectivity index (χ2v) is 13.9. The van der Waals surface area contributed by atoms with Gasteiger partial charge in [-0.3, -0.25) is 0 Å². The fourth-order valence-electron chi connectivity index (χ4n) is 7.87. The van der Waals surface area contributed by atoms with Gasteiger partial charge < -0.3 is 9.32 Å². The average molecular weight is 717 g/mol. The van der Waals surface area contributed by atoms with E-state index in [9.17, 15) is 0 Å². The van der Waals surface area contributed by atoms with Crippen molar-refractivity contribution in [2.75, 3.05) is 4.90 Å². The van der Waals surface area contributed by atoms with Gasteiger partial charge in [-0.05, 0) is 104 Å². The molecule has 0 spiro atoms. The first kappa shape index (κ1) is 33.1. The quantitative estimate of drug-likeness (QED) is 0.157. The van der Waals surface area contributed by atoms with Crippen molar-refractivity contribution in [1.82, 2.24) is 4.98 Å². The van der Waals surface area contributed by atoms with E-state index >= 15 is 0 Å². The molecule has 0 unspecified atom stereocenters. The molecule has 0 amide bonds. The van der Waals surface area contributed by atoms with Crippen LogP contribution in [0.15, 0.2) is 223 Å². The summed E-state index contributed by atoms with van der Waals surface area (Å²) in [5, 5.41) is 2.41. The summed E-state index contributed by atoms with van der Waals surface area (Å²) in [6.07, 6.45) is 0. The molecule has 0 aliphatic heterocycles. The van der Waals surface area contributed by atoms with Crippen LogP contribution in [0.2, 0.25) is 0 Å². The number of aromatic nitrogens is 1. The zero-order valence-corrected chi connectivity index (χ0v) is 30.6. The summed E-state index contributed by atoms with van der Waals surface area (Å²) < 4.78 is 6.39. The zero-order valence-electron chi connectivity index (χ0n) is 30.6. The maximum absolute atomic E-state index is 6.39. The monoisotopic (exact) mass is 716 g/mol. The third kappa shape index (κ3) is 6.12. The van der Waals surface area contributed by atoms with Crippen molar-refractivity contribution in [2.24, 2.45) is 0 Å². The van der Waals surface area contributed by atoms with Crippen LogP contribution >= 0.6 is 0 Å². The lowest BCUT2D eigenvalue weighted by Gasteiger charge is -2.25. The van der Waals surface area contributed by atoms with E-state index in [1.165, 1.54) is 33.0 Å². The molecule has 56 heavy (non-hydrogen) atoms. The molecule has 3 nitrogen and oxygen atoms in total. The van der Waals surface area contributed by atoms with Gasteiger partial charge in [-0.25, -0.2) is 4.98 Å². The van der Waals surface area contributed by atoms with Crippen molar-refractivity contribution >= 4 is 38.9 Å². The van der Waals surface area contributed by atoms with Gasteiger partial charge in [0.25, 0.3) is 0 Å². The zero-order chi connectivity index (χ0) is 37.3. The second kappa shape index (κ2) is 14.4. The molecule has 0 bridgehead atoms.